The highest BCUT2D eigenvalue weighted by Crippen LogP contribution is 2.34. The van der Waals surface area contributed by atoms with Crippen LogP contribution in [-0.2, 0) is 9.53 Å². The summed E-state index contributed by atoms with van der Waals surface area (Å²) in [6.07, 6.45) is 6.66. The number of halogens is 1. The van der Waals surface area contributed by atoms with Crippen molar-refractivity contribution in [2.24, 2.45) is 5.92 Å². The molecule has 3 heterocycles. The van der Waals surface area contributed by atoms with E-state index in [0.717, 1.165) is 79.6 Å². The molecule has 6 nitrogen and oxygen atoms in total. The van der Waals surface area contributed by atoms with Crippen molar-refractivity contribution in [3.63, 3.8) is 0 Å². The lowest BCUT2D eigenvalue weighted by atomic mass is 9.95. The molecule has 0 aromatic heterocycles. The Morgan fingerprint density at radius 1 is 1.12 bits per heavy atom. The molecule has 0 bridgehead atoms. The van der Waals surface area contributed by atoms with Crippen molar-refractivity contribution in [1.29, 1.82) is 0 Å². The number of allylic oxidation sites excluding steroid dienone is 1. The molecule has 182 valence electrons. The molecule has 1 aromatic carbocycles. The Morgan fingerprint density at radius 2 is 1.88 bits per heavy atom. The van der Waals surface area contributed by atoms with Crippen LogP contribution in [0.15, 0.2) is 29.7 Å². The number of nitrogens with zero attached hydrogens (tertiary/aromatic N) is 2. The van der Waals surface area contributed by atoms with Crippen LogP contribution in [-0.4, -0.2) is 61.5 Å². The molecule has 1 aromatic rings. The molecule has 3 aliphatic rings. The summed E-state index contributed by atoms with van der Waals surface area (Å²) in [7, 11) is 0. The number of rotatable bonds is 8. The minimum Gasteiger partial charge on any atom is -0.469 e. The van der Waals surface area contributed by atoms with Gasteiger partial charge < -0.3 is 20.3 Å². The number of hydrogen-bond acceptors (Lipinski definition) is 5. The first-order chi connectivity index (χ1) is 16.0. The predicted molar refractivity (Wildman–Crippen MR) is 133 cm³/mol. The average molecular weight is 475 g/mol. The second-order valence-electron chi connectivity index (χ2n) is 9.74. The third kappa shape index (κ3) is 6.43. The topological polar surface area (TPSA) is 56.8 Å². The largest absolute Gasteiger partial charge is 0.469 e. The zero-order chi connectivity index (χ0) is 23.2. The van der Waals surface area contributed by atoms with Crippen molar-refractivity contribution < 1.29 is 9.53 Å². The Bertz CT molecular complexity index is 824. The monoisotopic (exact) mass is 474 g/mol. The summed E-state index contributed by atoms with van der Waals surface area (Å²) >= 11 is 6.44. The Hall–Kier alpha value is -1.76. The quantitative estimate of drug-likeness (QED) is 0.553. The van der Waals surface area contributed by atoms with Gasteiger partial charge in [0.25, 0.3) is 0 Å². The minimum atomic E-state index is -0.234. The first-order valence-corrected chi connectivity index (χ1v) is 13.0. The van der Waals surface area contributed by atoms with E-state index in [9.17, 15) is 4.79 Å². The van der Waals surface area contributed by atoms with E-state index in [2.05, 4.69) is 33.4 Å². The number of likely N-dealkylation sites (tertiary alicyclic amines) is 2. The average Bonchev–Trinajstić information content (AvgIpc) is 3.17. The molecule has 33 heavy (non-hydrogen) atoms. The van der Waals surface area contributed by atoms with Gasteiger partial charge in [-0.05, 0) is 90.3 Å². The zero-order valence-corrected chi connectivity index (χ0v) is 20.9. The number of benzene rings is 1. The Labute approximate surface area is 203 Å². The van der Waals surface area contributed by atoms with Gasteiger partial charge in [0.15, 0.2) is 6.23 Å². The van der Waals surface area contributed by atoms with Crippen LogP contribution in [0.5, 0.6) is 0 Å². The first kappa shape index (κ1) is 24.4. The van der Waals surface area contributed by atoms with E-state index >= 15 is 0 Å². The first-order valence-electron chi connectivity index (χ1n) is 12.6. The highest BCUT2D eigenvalue weighted by Gasteiger charge is 2.30. The summed E-state index contributed by atoms with van der Waals surface area (Å²) in [6.45, 7) is 11.1. The Morgan fingerprint density at radius 3 is 2.61 bits per heavy atom. The minimum absolute atomic E-state index is 0.137. The maximum absolute atomic E-state index is 12.6. The zero-order valence-electron chi connectivity index (χ0n) is 20.2. The van der Waals surface area contributed by atoms with Gasteiger partial charge >= 0.3 is 0 Å². The van der Waals surface area contributed by atoms with E-state index in [-0.39, 0.29) is 18.1 Å². The van der Waals surface area contributed by atoms with Gasteiger partial charge in [-0.2, -0.15) is 0 Å². The molecule has 0 aliphatic carbocycles. The molecule has 1 atom stereocenters. The van der Waals surface area contributed by atoms with Gasteiger partial charge in [0, 0.05) is 29.6 Å². The summed E-state index contributed by atoms with van der Waals surface area (Å²) in [4.78, 5) is 17.6. The molecule has 3 aliphatic heterocycles. The van der Waals surface area contributed by atoms with Crippen molar-refractivity contribution in [3.05, 3.63) is 45.8 Å². The molecule has 2 fully saturated rings. The van der Waals surface area contributed by atoms with Crippen LogP contribution in [0.1, 0.15) is 62.8 Å². The molecule has 0 spiro atoms. The van der Waals surface area contributed by atoms with Crippen molar-refractivity contribution in [1.82, 2.24) is 20.4 Å². The van der Waals surface area contributed by atoms with Crippen LogP contribution in [0.4, 0.5) is 0 Å². The molecule has 1 amide bonds. The van der Waals surface area contributed by atoms with Gasteiger partial charge in [-0.1, -0.05) is 30.2 Å². The summed E-state index contributed by atoms with van der Waals surface area (Å²) in [6, 6.07) is 5.93. The fourth-order valence-electron chi connectivity index (χ4n) is 5.22. The van der Waals surface area contributed by atoms with Crippen LogP contribution in [0.25, 0.3) is 0 Å². The van der Waals surface area contributed by atoms with E-state index < -0.39 is 0 Å². The van der Waals surface area contributed by atoms with Crippen LogP contribution < -0.4 is 10.6 Å². The van der Waals surface area contributed by atoms with E-state index in [0.29, 0.717) is 0 Å². The lowest BCUT2D eigenvalue weighted by molar-refractivity contribution is -0.126. The second-order valence-corrected chi connectivity index (χ2v) is 10.2. The number of carbonyl (C=O) groups is 1. The van der Waals surface area contributed by atoms with Crippen LogP contribution in [0.3, 0.4) is 0 Å². The van der Waals surface area contributed by atoms with Crippen LogP contribution in [0, 0.1) is 12.8 Å². The smallest absolute Gasteiger partial charge is 0.223 e. The van der Waals surface area contributed by atoms with Crippen molar-refractivity contribution >= 4 is 17.5 Å². The summed E-state index contributed by atoms with van der Waals surface area (Å²) < 4.78 is 6.11. The number of piperidine rings is 2. The van der Waals surface area contributed by atoms with Gasteiger partial charge in [-0.3, -0.25) is 9.69 Å². The normalized spacial score (nSPS) is 22.8. The lowest BCUT2D eigenvalue weighted by Gasteiger charge is -2.31. The molecule has 7 heteroatoms. The van der Waals surface area contributed by atoms with Gasteiger partial charge in [0.2, 0.25) is 5.91 Å². The number of ether oxygens (including phenoxy) is 1. The third-order valence-corrected chi connectivity index (χ3v) is 7.63. The fraction of sp³-hybridized carbons (Fsp3) is 0.654. The highest BCUT2D eigenvalue weighted by molar-refractivity contribution is 6.31. The van der Waals surface area contributed by atoms with E-state index in [1.54, 1.807) is 0 Å². The maximum Gasteiger partial charge on any atom is 0.223 e. The molecular weight excluding hydrogens is 436 g/mol. The molecule has 4 rings (SSSR count). The Kier molecular flexibility index (Phi) is 8.55. The number of carbonyl (C=O) groups excluding carboxylic acids is 1. The van der Waals surface area contributed by atoms with E-state index in [1.165, 1.54) is 32.4 Å². The molecular formula is C26H39ClN4O2. The lowest BCUT2D eigenvalue weighted by Crippen LogP contribution is -2.42. The van der Waals surface area contributed by atoms with E-state index in [1.807, 2.05) is 19.1 Å². The molecule has 2 saturated heterocycles. The predicted octanol–water partition coefficient (Wildman–Crippen LogP) is 4.20. The molecule has 0 saturated carbocycles. The van der Waals surface area contributed by atoms with E-state index in [4.69, 9.17) is 16.3 Å². The standard InChI is InChI=1S/C26H39ClN4O2/c1-19-8-6-9-22(27)24(19)26-29-23(20(2)33-26)18-31-16-10-21(11-17-31)25(32)28-12-7-15-30-13-4-3-5-14-30/h6,8-9,21,26,29H,3-5,7,10-18H2,1-2H3,(H,28,32). The summed E-state index contributed by atoms with van der Waals surface area (Å²) in [5, 5.41) is 7.44. The van der Waals surface area contributed by atoms with Crippen molar-refractivity contribution in [2.75, 3.05) is 45.8 Å². The Balaban J connectivity index is 1.17. The highest BCUT2D eigenvalue weighted by atomic mass is 35.5. The van der Waals surface area contributed by atoms with Gasteiger partial charge in [-0.15, -0.1) is 0 Å². The molecule has 0 radical (unpaired) electrons. The third-order valence-electron chi connectivity index (χ3n) is 7.30. The van der Waals surface area contributed by atoms with Gasteiger partial charge in [0.1, 0.15) is 5.76 Å². The SMILES string of the molecule is CC1=C(CN2CCC(C(=O)NCCCN3CCCCC3)CC2)NC(c2c(C)cccc2Cl)O1. The van der Waals surface area contributed by atoms with Gasteiger partial charge in [-0.25, -0.2) is 0 Å². The number of amides is 1. The number of nitrogens with one attached hydrogen (secondary N) is 2. The maximum atomic E-state index is 12.6. The second kappa shape index (κ2) is 11.6. The summed E-state index contributed by atoms with van der Waals surface area (Å²) in [5.74, 6) is 1.30. The van der Waals surface area contributed by atoms with Crippen molar-refractivity contribution in [3.8, 4) is 0 Å². The number of hydrogen-bond donors (Lipinski definition) is 2. The fourth-order valence-corrected chi connectivity index (χ4v) is 5.54. The summed E-state index contributed by atoms with van der Waals surface area (Å²) in [5.41, 5.74) is 3.24. The number of aryl methyl sites for hydroxylation is 1. The van der Waals surface area contributed by atoms with Crippen LogP contribution >= 0.6 is 11.6 Å². The van der Waals surface area contributed by atoms with Crippen molar-refractivity contribution in [2.45, 2.75) is 58.6 Å². The molecule has 2 N–H and O–H groups in total. The molecule has 1 unspecified atom stereocenters. The van der Waals surface area contributed by atoms with Gasteiger partial charge in [0.05, 0.1) is 5.70 Å². The van der Waals surface area contributed by atoms with Crippen LogP contribution in [0.2, 0.25) is 5.02 Å².